The summed E-state index contributed by atoms with van der Waals surface area (Å²) in [6.45, 7) is 7.80. The molecule has 0 spiro atoms. The molecule has 2 aliphatic heterocycles. The summed E-state index contributed by atoms with van der Waals surface area (Å²) in [5.41, 5.74) is 0.920. The van der Waals surface area contributed by atoms with Gasteiger partial charge in [0.1, 0.15) is 16.7 Å². The third-order valence-electron chi connectivity index (χ3n) is 6.68. The van der Waals surface area contributed by atoms with Crippen molar-refractivity contribution in [2.45, 2.75) is 39.3 Å². The highest BCUT2D eigenvalue weighted by Gasteiger charge is 2.38. The van der Waals surface area contributed by atoms with Crippen LogP contribution in [-0.4, -0.2) is 75.2 Å². The summed E-state index contributed by atoms with van der Waals surface area (Å²) in [7, 11) is 0. The summed E-state index contributed by atoms with van der Waals surface area (Å²) in [5, 5.41) is 2.58. The van der Waals surface area contributed by atoms with Crippen molar-refractivity contribution < 1.29 is 9.59 Å². The molecule has 33 heavy (non-hydrogen) atoms. The lowest BCUT2D eigenvalue weighted by atomic mass is 10.1. The van der Waals surface area contributed by atoms with E-state index >= 15 is 0 Å². The zero-order chi connectivity index (χ0) is 23.1. The van der Waals surface area contributed by atoms with Crippen LogP contribution in [0.15, 0.2) is 22.3 Å². The SMILES string of the molecule is Cc1sc2nc(CN3CCN(C(=O)[C@@H]4CCCN4C(=O)c4cccs4)CC3)[nH]c(=O)c2c1C. The second kappa shape index (κ2) is 9.00. The molecule has 0 aliphatic carbocycles. The van der Waals surface area contributed by atoms with Crippen molar-refractivity contribution in [1.29, 1.82) is 0 Å². The lowest BCUT2D eigenvalue weighted by molar-refractivity contribution is -0.137. The van der Waals surface area contributed by atoms with Gasteiger partial charge in [-0.2, -0.15) is 0 Å². The van der Waals surface area contributed by atoms with Crippen LogP contribution in [0.4, 0.5) is 0 Å². The lowest BCUT2D eigenvalue weighted by Gasteiger charge is -2.37. The minimum Gasteiger partial charge on any atom is -0.338 e. The fourth-order valence-corrected chi connectivity index (χ4v) is 6.46. The normalized spacial score (nSPS) is 19.5. The largest absolute Gasteiger partial charge is 0.338 e. The Labute approximate surface area is 199 Å². The number of aromatic amines is 1. The zero-order valence-electron chi connectivity index (χ0n) is 18.8. The van der Waals surface area contributed by atoms with Gasteiger partial charge in [0.15, 0.2) is 0 Å². The number of nitrogens with one attached hydrogen (secondary N) is 1. The van der Waals surface area contributed by atoms with Gasteiger partial charge in [0.2, 0.25) is 5.91 Å². The molecular weight excluding hydrogens is 458 g/mol. The molecule has 10 heteroatoms. The van der Waals surface area contributed by atoms with Crippen molar-refractivity contribution in [2.24, 2.45) is 0 Å². The molecule has 3 aromatic rings. The molecule has 0 saturated carbocycles. The molecular formula is C23H27N5O3S2. The van der Waals surface area contributed by atoms with E-state index < -0.39 is 0 Å². The maximum absolute atomic E-state index is 13.2. The van der Waals surface area contributed by atoms with E-state index in [0.29, 0.717) is 55.4 Å². The Bertz CT molecular complexity index is 1240. The highest BCUT2D eigenvalue weighted by molar-refractivity contribution is 7.18. The quantitative estimate of drug-likeness (QED) is 0.614. The van der Waals surface area contributed by atoms with Gasteiger partial charge in [0.05, 0.1) is 16.8 Å². The summed E-state index contributed by atoms with van der Waals surface area (Å²) >= 11 is 2.97. The highest BCUT2D eigenvalue weighted by Crippen LogP contribution is 2.26. The predicted molar refractivity (Wildman–Crippen MR) is 130 cm³/mol. The molecule has 2 saturated heterocycles. The van der Waals surface area contributed by atoms with Gasteiger partial charge in [0.25, 0.3) is 11.5 Å². The highest BCUT2D eigenvalue weighted by atomic mass is 32.1. The monoisotopic (exact) mass is 485 g/mol. The Morgan fingerprint density at radius 2 is 1.97 bits per heavy atom. The second-order valence-electron chi connectivity index (χ2n) is 8.71. The number of hydrogen-bond donors (Lipinski definition) is 1. The Morgan fingerprint density at radius 3 is 2.70 bits per heavy atom. The number of carbonyl (C=O) groups excluding carboxylic acids is 2. The van der Waals surface area contributed by atoms with Gasteiger partial charge in [-0.15, -0.1) is 22.7 Å². The Kier molecular flexibility index (Phi) is 6.07. The summed E-state index contributed by atoms with van der Waals surface area (Å²) in [5.74, 6) is 0.676. The number of thiophene rings is 2. The Balaban J connectivity index is 1.21. The van der Waals surface area contributed by atoms with Gasteiger partial charge < -0.3 is 14.8 Å². The van der Waals surface area contributed by atoms with Crippen LogP contribution < -0.4 is 5.56 Å². The van der Waals surface area contributed by atoms with Gasteiger partial charge in [-0.25, -0.2) is 4.98 Å². The topological polar surface area (TPSA) is 89.6 Å². The molecule has 1 N–H and O–H groups in total. The molecule has 3 aromatic heterocycles. The molecule has 8 nitrogen and oxygen atoms in total. The zero-order valence-corrected chi connectivity index (χ0v) is 20.4. The van der Waals surface area contributed by atoms with Crippen molar-refractivity contribution in [1.82, 2.24) is 24.7 Å². The molecule has 5 heterocycles. The summed E-state index contributed by atoms with van der Waals surface area (Å²) in [4.78, 5) is 54.7. The number of aromatic nitrogens is 2. The van der Waals surface area contributed by atoms with Crippen LogP contribution in [0.5, 0.6) is 0 Å². The molecule has 2 fully saturated rings. The first-order chi connectivity index (χ1) is 15.9. The predicted octanol–water partition coefficient (Wildman–Crippen LogP) is 2.61. The number of aryl methyl sites for hydroxylation is 2. The maximum atomic E-state index is 13.2. The first kappa shape index (κ1) is 22.2. The third kappa shape index (κ3) is 4.22. The number of likely N-dealkylation sites (tertiary alicyclic amines) is 1. The van der Waals surface area contributed by atoms with Crippen LogP contribution in [0.25, 0.3) is 10.2 Å². The van der Waals surface area contributed by atoms with Crippen LogP contribution in [0.3, 0.4) is 0 Å². The number of H-pyrrole nitrogens is 1. The molecule has 174 valence electrons. The summed E-state index contributed by atoms with van der Waals surface area (Å²) in [6.07, 6.45) is 1.58. The minimum atomic E-state index is -0.364. The van der Waals surface area contributed by atoms with Crippen molar-refractivity contribution in [3.8, 4) is 0 Å². The van der Waals surface area contributed by atoms with Gasteiger partial charge in [-0.05, 0) is 43.7 Å². The number of fused-ring (bicyclic) bond motifs is 1. The average molecular weight is 486 g/mol. The van der Waals surface area contributed by atoms with Gasteiger partial charge in [0, 0.05) is 37.6 Å². The average Bonchev–Trinajstić information content (AvgIpc) is 3.55. The third-order valence-corrected chi connectivity index (χ3v) is 8.64. The van der Waals surface area contributed by atoms with E-state index in [1.54, 1.807) is 16.2 Å². The van der Waals surface area contributed by atoms with Gasteiger partial charge >= 0.3 is 0 Å². The van der Waals surface area contributed by atoms with E-state index in [4.69, 9.17) is 0 Å². The summed E-state index contributed by atoms with van der Waals surface area (Å²) < 4.78 is 0. The standard InChI is InChI=1S/C23H27N5O3S2/c1-14-15(2)33-21-19(14)20(29)24-18(25-21)13-26-8-10-27(11-9-26)22(30)16-5-3-7-28(16)23(31)17-6-4-12-32-17/h4,6,12,16H,3,5,7-11,13H2,1-2H3,(H,24,25,29)/t16-/m0/s1. The molecule has 5 rings (SSSR count). The Hall–Kier alpha value is -2.56. The van der Waals surface area contributed by atoms with Crippen LogP contribution in [-0.2, 0) is 11.3 Å². The fourth-order valence-electron chi connectivity index (χ4n) is 4.73. The number of carbonyl (C=O) groups is 2. The number of nitrogens with zero attached hydrogens (tertiary/aromatic N) is 4. The van der Waals surface area contributed by atoms with Crippen LogP contribution >= 0.6 is 22.7 Å². The number of hydrogen-bond acceptors (Lipinski definition) is 7. The maximum Gasteiger partial charge on any atom is 0.264 e. The second-order valence-corrected chi connectivity index (χ2v) is 10.9. The van der Waals surface area contributed by atoms with E-state index in [2.05, 4.69) is 14.9 Å². The molecule has 0 aromatic carbocycles. The van der Waals surface area contributed by atoms with E-state index in [0.717, 1.165) is 28.1 Å². The molecule has 0 unspecified atom stereocenters. The molecule has 0 radical (unpaired) electrons. The van der Waals surface area contributed by atoms with Gasteiger partial charge in [-0.3, -0.25) is 19.3 Å². The Morgan fingerprint density at radius 1 is 1.18 bits per heavy atom. The lowest BCUT2D eigenvalue weighted by Crippen LogP contribution is -2.54. The molecule has 0 bridgehead atoms. The molecule has 2 amide bonds. The first-order valence-corrected chi connectivity index (χ1v) is 13.0. The van der Waals surface area contributed by atoms with Crippen LogP contribution in [0.1, 0.15) is 38.8 Å². The van der Waals surface area contributed by atoms with E-state index in [1.165, 1.54) is 11.3 Å². The van der Waals surface area contributed by atoms with Crippen LogP contribution in [0.2, 0.25) is 0 Å². The van der Waals surface area contributed by atoms with Crippen molar-refractivity contribution in [3.05, 3.63) is 49.0 Å². The van der Waals surface area contributed by atoms with Crippen molar-refractivity contribution in [3.63, 3.8) is 0 Å². The first-order valence-electron chi connectivity index (χ1n) is 11.3. The molecule has 1 atom stereocenters. The smallest absolute Gasteiger partial charge is 0.264 e. The fraction of sp³-hybridized carbons (Fsp3) is 0.478. The number of rotatable bonds is 4. The minimum absolute atomic E-state index is 0.0380. The number of piperazine rings is 1. The van der Waals surface area contributed by atoms with Crippen molar-refractivity contribution >= 4 is 44.7 Å². The van der Waals surface area contributed by atoms with E-state index in [1.807, 2.05) is 36.3 Å². The summed E-state index contributed by atoms with van der Waals surface area (Å²) in [6, 6.07) is 3.32. The van der Waals surface area contributed by atoms with Crippen molar-refractivity contribution in [2.75, 3.05) is 32.7 Å². The van der Waals surface area contributed by atoms with E-state index in [9.17, 15) is 14.4 Å². The molecule has 2 aliphatic rings. The number of amides is 2. The van der Waals surface area contributed by atoms with E-state index in [-0.39, 0.29) is 23.4 Å². The van der Waals surface area contributed by atoms with Crippen LogP contribution in [0, 0.1) is 13.8 Å². The van der Waals surface area contributed by atoms with Gasteiger partial charge in [-0.1, -0.05) is 6.07 Å².